The van der Waals surface area contributed by atoms with Crippen LogP contribution in [0.15, 0.2) is 36.8 Å². The van der Waals surface area contributed by atoms with Crippen LogP contribution in [-0.2, 0) is 38.6 Å². The third kappa shape index (κ3) is 16.1. The van der Waals surface area contributed by atoms with Gasteiger partial charge in [0.05, 0.1) is 77.2 Å². The molecule has 106 heavy (non-hydrogen) atoms. The van der Waals surface area contributed by atoms with E-state index in [1.54, 1.807) is 71.0 Å². The molecule has 12 aliphatic carbocycles. The summed E-state index contributed by atoms with van der Waals surface area (Å²) in [5.74, 6) is 4.44. The number of aromatic nitrogens is 6. The zero-order valence-electron chi connectivity index (χ0n) is 62.6. The number of primary amides is 3. The smallest absolute Gasteiger partial charge is 0.256 e. The topological polar surface area (TPSA) is 377 Å². The molecule has 18 rings (SSSR count). The van der Waals surface area contributed by atoms with Crippen LogP contribution in [0.2, 0.25) is 0 Å². The summed E-state index contributed by atoms with van der Waals surface area (Å²) < 4.78 is 61.0. The molecule has 15 aliphatic rings. The van der Waals surface area contributed by atoms with Gasteiger partial charge in [0.2, 0.25) is 27.7 Å². The number of carbonyl (C=O) groups excluding carboxylic acids is 6. The van der Waals surface area contributed by atoms with Crippen LogP contribution in [0.4, 0.5) is 21.8 Å². The van der Waals surface area contributed by atoms with Gasteiger partial charge in [-0.15, -0.1) is 0 Å². The summed E-state index contributed by atoms with van der Waals surface area (Å²) in [4.78, 5) is 84.1. The Hall–Kier alpha value is -7.72. The first kappa shape index (κ1) is 76.5. The normalized spacial score (nSPS) is 32.2. The average Bonchev–Trinajstić information content (AvgIpc) is 0.838. The van der Waals surface area contributed by atoms with E-state index in [0.29, 0.717) is 143 Å². The molecular formula is C76H110FN17O11S. The maximum atomic E-state index is 13.7. The summed E-state index contributed by atoms with van der Waals surface area (Å²) >= 11 is 0. The average molecular weight is 1490 g/mol. The molecule has 3 saturated heterocycles. The van der Waals surface area contributed by atoms with Crippen molar-refractivity contribution in [3.63, 3.8) is 0 Å². The first-order chi connectivity index (χ1) is 50.3. The Morgan fingerprint density at radius 2 is 0.792 bits per heavy atom. The lowest BCUT2D eigenvalue weighted by Gasteiger charge is -2.58. The number of rotatable bonds is 22. The van der Waals surface area contributed by atoms with Gasteiger partial charge in [-0.1, -0.05) is 39.8 Å². The molecule has 15 fully saturated rings. The minimum Gasteiger partial charge on any atom is -0.378 e. The van der Waals surface area contributed by atoms with E-state index in [0.717, 1.165) is 108 Å². The summed E-state index contributed by atoms with van der Waals surface area (Å²) in [5.41, 5.74) is 16.1. The van der Waals surface area contributed by atoms with Crippen molar-refractivity contribution in [2.45, 2.75) is 168 Å². The SMILES string of the molecule is CC(C)(/C=C/n1ncc(C(=O)NC2C3CC4CC2CC(C(N)=O)(C4)C3)c1N1CCOCC1)CC#N.CC(C)(/C=C/n1ncc(C(=O)NC2C3CC4CC2CC(C(N)=O)(C4)C3)c1N1CCOCC1)CF.CC(C)(/C=C/n1ncc(C(=O)NC2C3CC4CC2CC(C(N)=O)(C4)C3)c1N1CCOCC1)NS(C)(=O)=O. The molecule has 6 amide bonds. The number of nitriles is 1. The number of halogens is 1. The molecule has 3 aliphatic heterocycles. The van der Waals surface area contributed by atoms with Gasteiger partial charge in [0.1, 0.15) is 34.1 Å². The molecule has 6 heterocycles. The van der Waals surface area contributed by atoms with Crippen LogP contribution in [0.3, 0.4) is 0 Å². The fraction of sp³-hybridized carbons (Fsp3) is 0.711. The maximum absolute atomic E-state index is 13.7. The van der Waals surface area contributed by atoms with E-state index < -0.39 is 33.1 Å². The van der Waals surface area contributed by atoms with Crippen LogP contribution < -0.4 is 52.6 Å². The predicted molar refractivity (Wildman–Crippen MR) is 397 cm³/mol. The van der Waals surface area contributed by atoms with Crippen LogP contribution >= 0.6 is 0 Å². The van der Waals surface area contributed by atoms with Crippen molar-refractivity contribution in [1.29, 1.82) is 5.26 Å². The minimum atomic E-state index is -3.41. The molecule has 12 saturated carbocycles. The molecule has 28 nitrogen and oxygen atoms in total. The van der Waals surface area contributed by atoms with E-state index in [1.807, 2.05) is 40.0 Å². The number of nitrogens with one attached hydrogen (secondary N) is 4. The van der Waals surface area contributed by atoms with E-state index in [1.165, 1.54) is 0 Å². The largest absolute Gasteiger partial charge is 0.378 e. The number of alkyl halides is 1. The Morgan fingerprint density at radius 1 is 0.509 bits per heavy atom. The zero-order valence-corrected chi connectivity index (χ0v) is 63.4. The van der Waals surface area contributed by atoms with Gasteiger partial charge in [0.25, 0.3) is 17.7 Å². The molecule has 6 atom stereocenters. The van der Waals surface area contributed by atoms with Crippen LogP contribution in [0.1, 0.15) is 175 Å². The second-order valence-electron chi connectivity index (χ2n) is 35.1. The number of sulfonamides is 1. The quantitative estimate of drug-likeness (QED) is 0.0600. The van der Waals surface area contributed by atoms with Crippen molar-refractivity contribution in [3.8, 4) is 6.07 Å². The summed E-state index contributed by atoms with van der Waals surface area (Å²) in [5, 5.41) is 32.6. The predicted octanol–water partition coefficient (Wildman–Crippen LogP) is 6.06. The highest BCUT2D eigenvalue weighted by Gasteiger charge is 2.61. The number of carbonyl (C=O) groups is 6. The lowest BCUT2D eigenvalue weighted by molar-refractivity contribution is -0.145. The van der Waals surface area contributed by atoms with Crippen molar-refractivity contribution in [2.24, 2.45) is 97.5 Å². The molecule has 30 heteroatoms. The highest BCUT2D eigenvalue weighted by molar-refractivity contribution is 7.88. The van der Waals surface area contributed by atoms with E-state index in [4.69, 9.17) is 36.7 Å². The third-order valence-corrected chi connectivity index (χ3v) is 26.4. The highest BCUT2D eigenvalue weighted by Crippen LogP contribution is 2.63. The Kier molecular flexibility index (Phi) is 21.7. The summed E-state index contributed by atoms with van der Waals surface area (Å²) in [6.07, 6.45) is 30.7. The van der Waals surface area contributed by atoms with Crippen LogP contribution in [0.5, 0.6) is 0 Å². The number of morpholine rings is 3. The Balaban J connectivity index is 0.000000141. The van der Waals surface area contributed by atoms with E-state index >= 15 is 0 Å². The summed E-state index contributed by atoms with van der Waals surface area (Å²) in [7, 11) is -3.41. The lowest BCUT2D eigenvalue weighted by Crippen LogP contribution is -2.62. The van der Waals surface area contributed by atoms with Gasteiger partial charge in [-0.05, 0) is 175 Å². The molecule has 3 aromatic heterocycles. The van der Waals surface area contributed by atoms with Crippen LogP contribution in [0.25, 0.3) is 18.6 Å². The fourth-order valence-corrected chi connectivity index (χ4v) is 22.2. The first-order valence-electron chi connectivity index (χ1n) is 38.3. The van der Waals surface area contributed by atoms with Crippen LogP contribution in [0, 0.1) is 91.7 Å². The lowest BCUT2D eigenvalue weighted by atomic mass is 9.47. The number of allylic oxidation sites excluding steroid dienone is 2. The molecule has 3 aromatic rings. The molecule has 10 N–H and O–H groups in total. The summed E-state index contributed by atoms with van der Waals surface area (Å²) in [6, 6.07) is 2.37. The maximum Gasteiger partial charge on any atom is 0.256 e. The Bertz CT molecular complexity index is 4010. The van der Waals surface area contributed by atoms with Crippen molar-refractivity contribution in [2.75, 3.05) is 107 Å². The molecule has 0 aromatic carbocycles. The number of amides is 6. The Morgan fingerprint density at radius 3 is 1.06 bits per heavy atom. The van der Waals surface area contributed by atoms with Gasteiger partial charge in [0, 0.05) is 110 Å². The molecular weight excluding hydrogens is 1380 g/mol. The molecule has 0 spiro atoms. The monoisotopic (exact) mass is 1490 g/mol. The van der Waals surface area contributed by atoms with E-state index in [9.17, 15) is 41.6 Å². The first-order valence-corrected chi connectivity index (χ1v) is 40.2. The molecule has 0 radical (unpaired) electrons. The van der Waals surface area contributed by atoms with Gasteiger partial charge < -0.3 is 62.1 Å². The Labute approximate surface area is 621 Å². The van der Waals surface area contributed by atoms with Gasteiger partial charge in [0.15, 0.2) is 0 Å². The van der Waals surface area contributed by atoms with Crippen LogP contribution in [-0.4, -0.2) is 189 Å². The zero-order chi connectivity index (χ0) is 75.5. The molecule has 578 valence electrons. The van der Waals surface area contributed by atoms with Crippen molar-refractivity contribution in [1.82, 2.24) is 50.0 Å². The number of ether oxygens (including phenoxy) is 3. The van der Waals surface area contributed by atoms with Gasteiger partial charge in [-0.3, -0.25) is 33.2 Å². The number of hydrogen-bond donors (Lipinski definition) is 7. The van der Waals surface area contributed by atoms with Gasteiger partial charge >= 0.3 is 0 Å². The molecule has 12 bridgehead atoms. The molecule has 6 unspecified atom stereocenters. The summed E-state index contributed by atoms with van der Waals surface area (Å²) in [6.45, 7) is 18.0. The highest BCUT2D eigenvalue weighted by atomic mass is 32.2. The fourth-order valence-electron chi connectivity index (χ4n) is 21.1. The number of nitrogens with zero attached hydrogens (tertiary/aromatic N) is 10. The minimum absolute atomic E-state index is 0.0193. The second-order valence-corrected chi connectivity index (χ2v) is 36.9. The van der Waals surface area contributed by atoms with E-state index in [2.05, 4.69) is 56.7 Å². The number of hydrogen-bond acceptors (Lipinski definition) is 18. The van der Waals surface area contributed by atoms with Gasteiger partial charge in [-0.25, -0.2) is 27.2 Å². The van der Waals surface area contributed by atoms with E-state index in [-0.39, 0.29) is 93.5 Å². The number of anilines is 3. The van der Waals surface area contributed by atoms with Crippen molar-refractivity contribution < 1.29 is 55.8 Å². The van der Waals surface area contributed by atoms with Gasteiger partial charge in [-0.2, -0.15) is 20.6 Å². The third-order valence-electron chi connectivity index (χ3n) is 25.5. The second kappa shape index (κ2) is 30.0. The number of nitrogens with two attached hydrogens (primary N) is 3. The van der Waals surface area contributed by atoms with Crippen molar-refractivity contribution >= 4 is 81.5 Å². The van der Waals surface area contributed by atoms with Crippen molar-refractivity contribution in [3.05, 3.63) is 53.5 Å². The standard InChI is InChI=1S/C26H36N6O3.C25H36FN5O3.C25H38N6O5S/c1-25(2,3-5-27)4-6-32-23(31-7-9-35-10-8-31)20(16-29-32)22(33)30-21-18-11-17-12-19(21)15-26(13-17,14-18)24(28)34;1-24(2,15-26)3-4-31-22(30-5-7-34-8-6-30)19(14-28-31)21(32)29-20-17-9-16-10-18(20)13-25(11-16,12-17)23(27)33;1-24(2,29-37(3,34)35)4-5-31-22(30-6-8-36-9-7-30)19(15-27-31)21(32)28-20-17-10-16-11-18(20)14-25(12-16,13-17)23(26)33/h4,6,16-19,21H,3,7-15H2,1-2H3,(H2,28,34)(H,30,33);3-4,14,16-18,20H,5-13,15H2,1-2H3,(H2,27,33)(H,29,32);4-5,15-18,20,29H,6-14H2,1-3H3,(H2,26,33)(H,28,32)/b6-4+;4-3+;5-4+.